The first-order valence-corrected chi connectivity index (χ1v) is 6.91. The normalized spacial score (nSPS) is 15.8. The first kappa shape index (κ1) is 17.7. The molecule has 11 heteroatoms. The molecule has 1 saturated heterocycles. The zero-order valence-electron chi connectivity index (χ0n) is 13.2. The quantitative estimate of drug-likeness (QED) is 0.351. The highest BCUT2D eigenvalue weighted by Gasteiger charge is 2.41. The van der Waals surface area contributed by atoms with Crippen molar-refractivity contribution in [1.29, 1.82) is 0 Å². The number of nitrogens with one attached hydrogen (secondary N) is 1. The molecule has 1 N–H and O–H groups in total. The summed E-state index contributed by atoms with van der Waals surface area (Å²) in [6, 6.07) is 4.03. The van der Waals surface area contributed by atoms with Crippen LogP contribution in [0.1, 0.15) is 10.4 Å². The van der Waals surface area contributed by atoms with Gasteiger partial charge in [-0.25, -0.2) is 10.2 Å². The van der Waals surface area contributed by atoms with Crippen LogP contribution in [-0.4, -0.2) is 58.8 Å². The molecule has 25 heavy (non-hydrogen) atoms. The van der Waals surface area contributed by atoms with Crippen molar-refractivity contribution in [3.63, 3.8) is 0 Å². The number of benzene rings is 1. The Morgan fingerprint density at radius 1 is 1.16 bits per heavy atom. The third-order valence-electron chi connectivity index (χ3n) is 3.50. The summed E-state index contributed by atoms with van der Waals surface area (Å²) in [5, 5.41) is 14.1. The van der Waals surface area contributed by atoms with Gasteiger partial charge in [0.1, 0.15) is 0 Å². The summed E-state index contributed by atoms with van der Waals surface area (Å²) < 4.78 is 0. The fourth-order valence-corrected chi connectivity index (χ4v) is 2.03. The number of amides is 5. The molecule has 130 valence electrons. The molecule has 0 aliphatic carbocycles. The van der Waals surface area contributed by atoms with Gasteiger partial charge in [0.25, 0.3) is 11.6 Å². The predicted octanol–water partition coefficient (Wildman–Crippen LogP) is -0.0230. The van der Waals surface area contributed by atoms with Crippen molar-refractivity contribution in [3.8, 4) is 0 Å². The zero-order chi connectivity index (χ0) is 18.7. The number of hydrogen-bond donors (Lipinski definition) is 1. The van der Waals surface area contributed by atoms with E-state index in [-0.39, 0.29) is 11.3 Å². The Labute approximate surface area is 141 Å². The highest BCUT2D eigenvalue weighted by Crippen LogP contribution is 2.14. The van der Waals surface area contributed by atoms with E-state index in [0.717, 1.165) is 28.1 Å². The fourth-order valence-electron chi connectivity index (χ4n) is 2.03. The largest absolute Gasteiger partial charge is 0.332 e. The van der Waals surface area contributed by atoms with E-state index in [1.807, 2.05) is 0 Å². The molecule has 0 atom stereocenters. The van der Waals surface area contributed by atoms with Crippen molar-refractivity contribution in [2.45, 2.75) is 0 Å². The van der Waals surface area contributed by atoms with Crippen LogP contribution in [0.2, 0.25) is 0 Å². The average molecular weight is 347 g/mol. The minimum Gasteiger partial charge on any atom is -0.273 e. The topological polar surface area (TPSA) is 142 Å². The molecule has 0 spiro atoms. The van der Waals surface area contributed by atoms with E-state index in [0.29, 0.717) is 0 Å². The van der Waals surface area contributed by atoms with Gasteiger partial charge in [0, 0.05) is 38.0 Å². The monoisotopic (exact) mass is 347 g/mol. The number of hydrogen-bond acceptors (Lipinski definition) is 7. The Hall–Kier alpha value is -3.63. The molecular formula is C14H13N5O6. The van der Waals surface area contributed by atoms with Crippen molar-refractivity contribution >= 4 is 35.7 Å². The van der Waals surface area contributed by atoms with Gasteiger partial charge < -0.3 is 0 Å². The molecule has 0 unspecified atom stereocenters. The average Bonchev–Trinajstić information content (AvgIpc) is 2.61. The van der Waals surface area contributed by atoms with E-state index in [2.05, 4.69) is 10.5 Å². The van der Waals surface area contributed by atoms with E-state index < -0.39 is 34.6 Å². The number of nitrogens with zero attached hydrogens (tertiary/aromatic N) is 4. The van der Waals surface area contributed by atoms with Crippen molar-refractivity contribution in [2.24, 2.45) is 11.0 Å². The summed E-state index contributed by atoms with van der Waals surface area (Å²) in [5.74, 6) is -3.53. The lowest BCUT2D eigenvalue weighted by Crippen LogP contribution is -2.57. The van der Waals surface area contributed by atoms with Gasteiger partial charge in [0.2, 0.25) is 11.8 Å². The Morgan fingerprint density at radius 3 is 2.16 bits per heavy atom. The third-order valence-corrected chi connectivity index (χ3v) is 3.50. The van der Waals surface area contributed by atoms with Crippen LogP contribution in [-0.2, 0) is 9.59 Å². The molecule has 1 aliphatic heterocycles. The maximum absolute atomic E-state index is 11.9. The maximum atomic E-state index is 11.9. The minimum absolute atomic E-state index is 0.105. The molecule has 0 aromatic heterocycles. The Bertz CT molecular complexity index is 763. The summed E-state index contributed by atoms with van der Waals surface area (Å²) >= 11 is 0. The van der Waals surface area contributed by atoms with Crippen LogP contribution in [0.5, 0.6) is 0 Å². The molecule has 0 radical (unpaired) electrons. The van der Waals surface area contributed by atoms with E-state index in [9.17, 15) is 29.3 Å². The van der Waals surface area contributed by atoms with Gasteiger partial charge in [-0.15, -0.1) is 0 Å². The number of nitro groups is 1. The van der Waals surface area contributed by atoms with Crippen LogP contribution in [0.25, 0.3) is 0 Å². The van der Waals surface area contributed by atoms with Crippen molar-refractivity contribution in [1.82, 2.24) is 15.2 Å². The second-order valence-electron chi connectivity index (χ2n) is 5.08. The van der Waals surface area contributed by atoms with Crippen LogP contribution in [0.3, 0.4) is 0 Å². The second kappa shape index (κ2) is 6.86. The molecular weight excluding hydrogens is 334 g/mol. The van der Waals surface area contributed by atoms with Gasteiger partial charge in [0.05, 0.1) is 4.92 Å². The molecule has 1 aliphatic rings. The van der Waals surface area contributed by atoms with Gasteiger partial charge >= 0.3 is 6.03 Å². The summed E-state index contributed by atoms with van der Waals surface area (Å²) in [5.41, 5.74) is 2.04. The molecule has 5 amide bonds. The predicted molar refractivity (Wildman–Crippen MR) is 83.5 cm³/mol. The molecule has 0 bridgehead atoms. The van der Waals surface area contributed by atoms with Gasteiger partial charge in [-0.2, -0.15) is 5.10 Å². The first-order valence-electron chi connectivity index (χ1n) is 6.91. The number of nitro benzene ring substituents is 1. The Morgan fingerprint density at radius 2 is 1.68 bits per heavy atom. The molecule has 1 fully saturated rings. The zero-order valence-corrected chi connectivity index (χ0v) is 13.2. The molecule has 1 heterocycles. The van der Waals surface area contributed by atoms with E-state index >= 15 is 0 Å². The minimum atomic E-state index is -1.33. The summed E-state index contributed by atoms with van der Waals surface area (Å²) in [6.07, 6.45) is 0.924. The van der Waals surface area contributed by atoms with Gasteiger partial charge in [-0.1, -0.05) is 0 Å². The summed E-state index contributed by atoms with van der Waals surface area (Å²) in [6.45, 7) is 0. The van der Waals surface area contributed by atoms with Crippen LogP contribution in [0.15, 0.2) is 29.4 Å². The molecule has 2 rings (SSSR count). The van der Waals surface area contributed by atoms with Gasteiger partial charge in [-0.3, -0.25) is 34.3 Å². The van der Waals surface area contributed by atoms with Gasteiger partial charge in [-0.05, 0) is 12.1 Å². The molecule has 1 aromatic rings. The second-order valence-corrected chi connectivity index (χ2v) is 5.08. The summed E-state index contributed by atoms with van der Waals surface area (Å²) in [7, 11) is 2.45. The first-order chi connectivity index (χ1) is 11.7. The molecule has 0 saturated carbocycles. The van der Waals surface area contributed by atoms with Crippen molar-refractivity contribution in [3.05, 3.63) is 39.9 Å². The highest BCUT2D eigenvalue weighted by atomic mass is 16.6. The van der Waals surface area contributed by atoms with E-state index in [1.165, 1.54) is 26.2 Å². The van der Waals surface area contributed by atoms with Gasteiger partial charge in [0.15, 0.2) is 5.92 Å². The number of barbiturate groups is 1. The lowest BCUT2D eigenvalue weighted by Gasteiger charge is -2.30. The summed E-state index contributed by atoms with van der Waals surface area (Å²) in [4.78, 5) is 58.8. The number of imide groups is 2. The maximum Gasteiger partial charge on any atom is 0.332 e. The number of non-ortho nitro benzene ring substituents is 1. The fraction of sp³-hybridized carbons (Fsp3) is 0.214. The van der Waals surface area contributed by atoms with Crippen LogP contribution >= 0.6 is 0 Å². The molecule has 11 nitrogen and oxygen atoms in total. The molecule has 1 aromatic carbocycles. The number of carbonyl (C=O) groups is 4. The van der Waals surface area contributed by atoms with Crippen molar-refractivity contribution < 1.29 is 24.1 Å². The number of urea groups is 1. The Kier molecular flexibility index (Phi) is 4.86. The van der Waals surface area contributed by atoms with Crippen LogP contribution in [0, 0.1) is 16.0 Å². The van der Waals surface area contributed by atoms with Crippen molar-refractivity contribution in [2.75, 3.05) is 14.1 Å². The smallest absolute Gasteiger partial charge is 0.273 e. The Balaban J connectivity index is 2.05. The lowest BCUT2D eigenvalue weighted by molar-refractivity contribution is -0.384. The van der Waals surface area contributed by atoms with Crippen LogP contribution in [0.4, 0.5) is 10.5 Å². The van der Waals surface area contributed by atoms with Crippen LogP contribution < -0.4 is 5.43 Å². The number of carbonyl (C=O) groups excluding carboxylic acids is 4. The highest BCUT2D eigenvalue weighted by molar-refractivity contribution is 6.23. The number of hydrazone groups is 1. The van der Waals surface area contributed by atoms with E-state index in [4.69, 9.17) is 0 Å². The third kappa shape index (κ3) is 3.49. The lowest BCUT2D eigenvalue weighted by atomic mass is 10.1. The SMILES string of the molecule is CN1C(=O)C(/C=N/NC(=O)c2ccc([N+](=O)[O-])cc2)C(=O)N(C)C1=O. The number of rotatable bonds is 4. The van der Waals surface area contributed by atoms with E-state index in [1.54, 1.807) is 0 Å². The standard InChI is InChI=1S/C14H13N5O6/c1-17-12(21)10(13(22)18(2)14(17)23)7-15-16-11(20)8-3-5-9(6-4-8)19(24)25/h3-7,10H,1-2H3,(H,16,20)/b15-7+.